The molecule has 0 amide bonds. The van der Waals surface area contributed by atoms with E-state index in [4.69, 9.17) is 4.74 Å². The minimum absolute atomic E-state index is 0.176. The van der Waals surface area contributed by atoms with Crippen LogP contribution in [0.5, 0.6) is 5.75 Å². The van der Waals surface area contributed by atoms with E-state index in [0.29, 0.717) is 5.92 Å². The molecule has 126 valence electrons. The molecule has 0 saturated heterocycles. The molecule has 1 aliphatic rings. The van der Waals surface area contributed by atoms with E-state index in [1.807, 2.05) is 12.1 Å². The predicted octanol–water partition coefficient (Wildman–Crippen LogP) is 4.75. The van der Waals surface area contributed by atoms with Gasteiger partial charge in [0.05, 0.1) is 7.11 Å². The van der Waals surface area contributed by atoms with Gasteiger partial charge in [-0.15, -0.1) is 0 Å². The monoisotopic (exact) mass is 314 g/mol. The van der Waals surface area contributed by atoms with Crippen LogP contribution in [0.25, 0.3) is 0 Å². The number of benzene rings is 1. The molecule has 0 bridgehead atoms. The Morgan fingerprint density at radius 1 is 1.30 bits per heavy atom. The predicted molar refractivity (Wildman–Crippen MR) is 95.7 cm³/mol. The third kappa shape index (κ3) is 3.40. The summed E-state index contributed by atoms with van der Waals surface area (Å²) in [5.74, 6) is 7.92. The molecular weight excluding hydrogens is 284 g/mol. The molecule has 1 aliphatic carbocycles. The van der Waals surface area contributed by atoms with Crippen LogP contribution in [0.2, 0.25) is 0 Å². The van der Waals surface area contributed by atoms with Crippen LogP contribution >= 0.6 is 0 Å². The van der Waals surface area contributed by atoms with E-state index in [0.717, 1.165) is 36.1 Å². The minimum atomic E-state index is -0.927. The van der Waals surface area contributed by atoms with E-state index in [1.165, 1.54) is 0 Å². The lowest BCUT2D eigenvalue weighted by Crippen LogP contribution is -2.51. The Balaban J connectivity index is 2.39. The van der Waals surface area contributed by atoms with E-state index >= 15 is 0 Å². The van der Waals surface area contributed by atoms with Crippen LogP contribution in [-0.2, 0) is 0 Å². The minimum Gasteiger partial charge on any atom is -0.496 e. The van der Waals surface area contributed by atoms with Crippen LogP contribution in [0, 0.1) is 23.2 Å². The van der Waals surface area contributed by atoms with Crippen LogP contribution < -0.4 is 4.74 Å². The number of methoxy groups -OCH3 is 1. The number of aliphatic hydroxyl groups is 1. The molecule has 23 heavy (non-hydrogen) atoms. The number of ether oxygens (including phenoxy) is 1. The van der Waals surface area contributed by atoms with E-state index in [-0.39, 0.29) is 11.3 Å². The summed E-state index contributed by atoms with van der Waals surface area (Å²) < 4.78 is 5.43. The molecule has 1 aromatic carbocycles. The first-order valence-corrected chi connectivity index (χ1v) is 8.65. The van der Waals surface area contributed by atoms with Gasteiger partial charge in [0.25, 0.3) is 0 Å². The summed E-state index contributed by atoms with van der Waals surface area (Å²) in [6.45, 7) is 10.7. The molecule has 1 fully saturated rings. The van der Waals surface area contributed by atoms with Crippen molar-refractivity contribution in [2.24, 2.45) is 11.3 Å². The molecule has 0 aliphatic heterocycles. The molecule has 1 saturated carbocycles. The van der Waals surface area contributed by atoms with E-state index < -0.39 is 5.60 Å². The molecular formula is C21H30O2. The van der Waals surface area contributed by atoms with E-state index in [1.54, 1.807) is 7.11 Å². The first-order valence-electron chi connectivity index (χ1n) is 8.65. The van der Waals surface area contributed by atoms with Gasteiger partial charge in [0.1, 0.15) is 11.4 Å². The highest BCUT2D eigenvalue weighted by molar-refractivity contribution is 5.46. The Labute approximate surface area is 141 Å². The Hall–Kier alpha value is -1.46. The van der Waals surface area contributed by atoms with Crippen LogP contribution in [0.15, 0.2) is 18.2 Å². The average Bonchev–Trinajstić information content (AvgIpc) is 2.50. The van der Waals surface area contributed by atoms with Gasteiger partial charge in [-0.1, -0.05) is 52.9 Å². The first-order chi connectivity index (χ1) is 10.7. The molecule has 2 nitrogen and oxygen atoms in total. The van der Waals surface area contributed by atoms with Gasteiger partial charge < -0.3 is 9.84 Å². The van der Waals surface area contributed by atoms with Gasteiger partial charge in [-0.05, 0) is 48.4 Å². The summed E-state index contributed by atoms with van der Waals surface area (Å²) in [7, 11) is 1.70. The smallest absolute Gasteiger partial charge is 0.133 e. The lowest BCUT2D eigenvalue weighted by Gasteiger charge is -2.47. The van der Waals surface area contributed by atoms with Crippen molar-refractivity contribution in [1.82, 2.24) is 0 Å². The van der Waals surface area contributed by atoms with Crippen LogP contribution in [0.1, 0.15) is 70.9 Å². The molecule has 0 spiro atoms. The molecule has 1 aromatic rings. The van der Waals surface area contributed by atoms with Crippen LogP contribution in [0.3, 0.4) is 0 Å². The zero-order valence-corrected chi connectivity index (χ0v) is 15.4. The zero-order valence-electron chi connectivity index (χ0n) is 15.4. The quantitative estimate of drug-likeness (QED) is 0.798. The fourth-order valence-corrected chi connectivity index (χ4v) is 3.64. The highest BCUT2D eigenvalue weighted by atomic mass is 16.5. The van der Waals surface area contributed by atoms with Crippen LogP contribution in [-0.4, -0.2) is 17.8 Å². The van der Waals surface area contributed by atoms with Gasteiger partial charge in [0, 0.05) is 11.0 Å². The van der Waals surface area contributed by atoms with Crippen molar-refractivity contribution in [3.05, 3.63) is 29.3 Å². The van der Waals surface area contributed by atoms with Gasteiger partial charge in [-0.3, -0.25) is 0 Å². The molecule has 1 N–H and O–H groups in total. The Bertz CT molecular complexity index is 618. The zero-order chi connectivity index (χ0) is 17.3. The van der Waals surface area contributed by atoms with Crippen molar-refractivity contribution in [2.75, 3.05) is 7.11 Å². The first kappa shape index (κ1) is 17.9. The highest BCUT2D eigenvalue weighted by Gasteiger charge is 2.48. The standard InChI is InChI=1S/C21H30O2/c1-15(2)18-14-17(9-10-19(18)23-6)11-13-21(22)16(3)8-7-12-20(21,4)5/h9-10,14-16,22H,7-8,12H2,1-6H3. The van der Waals surface area contributed by atoms with Crippen LogP contribution in [0.4, 0.5) is 0 Å². The van der Waals surface area contributed by atoms with Crippen molar-refractivity contribution in [3.8, 4) is 17.6 Å². The van der Waals surface area contributed by atoms with Crippen molar-refractivity contribution < 1.29 is 9.84 Å². The summed E-state index contributed by atoms with van der Waals surface area (Å²) in [5, 5.41) is 11.2. The maximum absolute atomic E-state index is 11.2. The molecule has 0 heterocycles. The molecule has 2 heteroatoms. The summed E-state index contributed by atoms with van der Waals surface area (Å²) in [5.41, 5.74) is 0.993. The molecule has 2 atom stereocenters. The lowest BCUT2D eigenvalue weighted by molar-refractivity contribution is -0.0860. The summed E-state index contributed by atoms with van der Waals surface area (Å²) in [6, 6.07) is 6.03. The number of hydrogen-bond donors (Lipinski definition) is 1. The van der Waals surface area contributed by atoms with Gasteiger partial charge in [0.15, 0.2) is 0 Å². The number of rotatable bonds is 2. The van der Waals surface area contributed by atoms with Gasteiger partial charge in [-0.2, -0.15) is 0 Å². The Morgan fingerprint density at radius 3 is 2.57 bits per heavy atom. The van der Waals surface area contributed by atoms with E-state index in [9.17, 15) is 5.11 Å². The average molecular weight is 314 g/mol. The largest absolute Gasteiger partial charge is 0.496 e. The van der Waals surface area contributed by atoms with Crippen molar-refractivity contribution in [2.45, 2.75) is 65.4 Å². The second kappa shape index (κ2) is 6.57. The Kier molecular flexibility index (Phi) is 5.11. The molecule has 2 rings (SSSR count). The maximum Gasteiger partial charge on any atom is 0.133 e. The summed E-state index contributed by atoms with van der Waals surface area (Å²) in [6.07, 6.45) is 3.22. The second-order valence-corrected chi connectivity index (χ2v) is 7.80. The van der Waals surface area contributed by atoms with Crippen molar-refractivity contribution >= 4 is 0 Å². The third-order valence-corrected chi connectivity index (χ3v) is 5.43. The SMILES string of the molecule is COc1ccc(C#CC2(O)C(C)CCCC2(C)C)cc1C(C)C. The van der Waals surface area contributed by atoms with Gasteiger partial charge in [-0.25, -0.2) is 0 Å². The van der Waals surface area contributed by atoms with Gasteiger partial charge in [0.2, 0.25) is 0 Å². The van der Waals surface area contributed by atoms with Gasteiger partial charge >= 0.3 is 0 Å². The topological polar surface area (TPSA) is 29.5 Å². The summed E-state index contributed by atoms with van der Waals surface area (Å²) in [4.78, 5) is 0. The number of hydrogen-bond acceptors (Lipinski definition) is 2. The summed E-state index contributed by atoms with van der Waals surface area (Å²) >= 11 is 0. The fraction of sp³-hybridized carbons (Fsp3) is 0.619. The van der Waals surface area contributed by atoms with Crippen molar-refractivity contribution in [1.29, 1.82) is 0 Å². The highest BCUT2D eigenvalue weighted by Crippen LogP contribution is 2.46. The van der Waals surface area contributed by atoms with Crippen molar-refractivity contribution in [3.63, 3.8) is 0 Å². The molecule has 0 aromatic heterocycles. The van der Waals surface area contributed by atoms with E-state index in [2.05, 4.69) is 52.5 Å². The Morgan fingerprint density at radius 2 is 2.00 bits per heavy atom. The third-order valence-electron chi connectivity index (χ3n) is 5.43. The second-order valence-electron chi connectivity index (χ2n) is 7.80. The molecule has 2 unspecified atom stereocenters. The lowest BCUT2D eigenvalue weighted by atomic mass is 9.61. The fourth-order valence-electron chi connectivity index (χ4n) is 3.64. The maximum atomic E-state index is 11.2. The molecule has 0 radical (unpaired) electrons. The normalized spacial score (nSPS) is 26.5.